The quantitative estimate of drug-likeness (QED) is 0.398. The number of carbonyl (C=O) groups excluding carboxylic acids is 1. The van der Waals surface area contributed by atoms with Gasteiger partial charge in [0.25, 0.3) is 0 Å². The van der Waals surface area contributed by atoms with Gasteiger partial charge in [0, 0.05) is 42.1 Å². The molecule has 0 radical (unpaired) electrons. The minimum atomic E-state index is -3.59. The van der Waals surface area contributed by atoms with E-state index in [1.165, 1.54) is 29.8 Å². The number of carbonyl (C=O) groups is 1. The van der Waals surface area contributed by atoms with Crippen molar-refractivity contribution in [2.75, 3.05) is 6.54 Å². The number of halogens is 1. The Morgan fingerprint density at radius 3 is 2.42 bits per heavy atom. The first kappa shape index (κ1) is 25.0. The van der Waals surface area contributed by atoms with Crippen molar-refractivity contribution in [1.29, 1.82) is 0 Å². The van der Waals surface area contributed by atoms with Crippen molar-refractivity contribution in [1.82, 2.24) is 9.47 Å². The number of aryl methyl sites for hydroxylation is 1. The molecule has 2 aliphatic rings. The molecule has 1 saturated heterocycles. The lowest BCUT2D eigenvalue weighted by molar-refractivity contribution is -0.143. The van der Waals surface area contributed by atoms with Gasteiger partial charge in [-0.1, -0.05) is 18.9 Å². The largest absolute Gasteiger partial charge is 0.350 e. The van der Waals surface area contributed by atoms with E-state index >= 15 is 0 Å². The average molecular weight is 511 g/mol. The lowest BCUT2D eigenvalue weighted by Crippen LogP contribution is -2.53. The van der Waals surface area contributed by atoms with Crippen LogP contribution >= 0.6 is 0 Å². The summed E-state index contributed by atoms with van der Waals surface area (Å²) in [6.07, 6.45) is 8.29. The van der Waals surface area contributed by atoms with Gasteiger partial charge < -0.3 is 9.47 Å². The maximum Gasteiger partial charge on any atom is 0.226 e. The van der Waals surface area contributed by atoms with Gasteiger partial charge in [-0.2, -0.15) is 0 Å². The summed E-state index contributed by atoms with van der Waals surface area (Å²) in [5.74, 6) is 0.206. The third-order valence-electron chi connectivity index (χ3n) is 8.20. The van der Waals surface area contributed by atoms with Crippen molar-refractivity contribution in [2.45, 2.75) is 74.5 Å². The Morgan fingerprint density at radius 1 is 1.06 bits per heavy atom. The molecule has 0 unspecified atom stereocenters. The van der Waals surface area contributed by atoms with Crippen molar-refractivity contribution in [3.63, 3.8) is 0 Å². The number of aromatic nitrogens is 1. The van der Waals surface area contributed by atoms with Crippen LogP contribution in [0.3, 0.4) is 0 Å². The van der Waals surface area contributed by atoms with Crippen LogP contribution in [0.1, 0.15) is 69.4 Å². The second-order valence-electron chi connectivity index (χ2n) is 11.2. The van der Waals surface area contributed by atoms with Gasteiger partial charge in [-0.25, -0.2) is 12.8 Å². The highest BCUT2D eigenvalue weighted by atomic mass is 32.2. The maximum atomic E-state index is 13.3. The molecule has 0 bridgehead atoms. The molecule has 1 aliphatic heterocycles. The predicted molar refractivity (Wildman–Crippen MR) is 140 cm³/mol. The van der Waals surface area contributed by atoms with E-state index in [9.17, 15) is 17.6 Å². The van der Waals surface area contributed by atoms with Crippen molar-refractivity contribution in [2.24, 2.45) is 13.0 Å². The van der Waals surface area contributed by atoms with Gasteiger partial charge in [-0.15, -0.1) is 0 Å². The van der Waals surface area contributed by atoms with E-state index in [0.29, 0.717) is 17.4 Å². The van der Waals surface area contributed by atoms with Gasteiger partial charge in [0.05, 0.1) is 10.6 Å². The average Bonchev–Trinajstić information content (AvgIpc) is 3.47. The molecule has 2 aromatic carbocycles. The topological polar surface area (TPSA) is 59.4 Å². The standard InChI is InChI=1S/C29H35FN2O3S/c1-29(2)17-22(14-15-32(29)28(33)21-6-4-5-7-21)26-18-31(3)27-13-8-20(16-25(26)27)19-36(34,35)24-11-9-23(30)10-12-24/h8-13,16,18,21-22H,4-7,14-15,17,19H2,1-3H3/t22-/m1/s1. The van der Waals surface area contributed by atoms with E-state index in [0.717, 1.165) is 56.0 Å². The molecule has 0 spiro atoms. The van der Waals surface area contributed by atoms with Crippen LogP contribution in [0.25, 0.3) is 10.9 Å². The van der Waals surface area contributed by atoms with Crippen molar-refractivity contribution in [3.8, 4) is 0 Å². The zero-order chi connectivity index (χ0) is 25.7. The van der Waals surface area contributed by atoms with Gasteiger partial charge >= 0.3 is 0 Å². The van der Waals surface area contributed by atoms with Crippen LogP contribution in [0.4, 0.5) is 4.39 Å². The van der Waals surface area contributed by atoms with Crippen LogP contribution in [-0.2, 0) is 27.4 Å². The van der Waals surface area contributed by atoms with Crippen molar-refractivity contribution >= 4 is 26.6 Å². The number of hydrogen-bond acceptors (Lipinski definition) is 3. The summed E-state index contributed by atoms with van der Waals surface area (Å²) in [5, 5.41) is 1.07. The zero-order valence-corrected chi connectivity index (χ0v) is 22.2. The molecule has 36 heavy (non-hydrogen) atoms. The van der Waals surface area contributed by atoms with Crippen LogP contribution in [0, 0.1) is 11.7 Å². The van der Waals surface area contributed by atoms with Crippen LogP contribution in [0.5, 0.6) is 0 Å². The Bertz CT molecular complexity index is 1390. The molecule has 1 amide bonds. The number of fused-ring (bicyclic) bond motifs is 1. The Hall–Kier alpha value is -2.67. The van der Waals surface area contributed by atoms with E-state index in [2.05, 4.69) is 29.5 Å². The second-order valence-corrected chi connectivity index (χ2v) is 13.2. The molecule has 1 atom stereocenters. The van der Waals surface area contributed by atoms with Gasteiger partial charge in [-0.05, 0) is 93.0 Å². The monoisotopic (exact) mass is 510 g/mol. The normalized spacial score (nSPS) is 20.8. The number of sulfone groups is 1. The molecular weight excluding hydrogens is 475 g/mol. The molecule has 3 aromatic rings. The number of amides is 1. The van der Waals surface area contributed by atoms with Crippen LogP contribution in [0.15, 0.2) is 53.6 Å². The van der Waals surface area contributed by atoms with Gasteiger partial charge in [0.2, 0.25) is 5.91 Å². The highest BCUT2D eigenvalue weighted by molar-refractivity contribution is 7.90. The highest BCUT2D eigenvalue weighted by Gasteiger charge is 2.41. The highest BCUT2D eigenvalue weighted by Crippen LogP contribution is 2.42. The summed E-state index contributed by atoms with van der Waals surface area (Å²) in [4.78, 5) is 15.5. The first-order valence-corrected chi connectivity index (χ1v) is 14.6. The predicted octanol–water partition coefficient (Wildman–Crippen LogP) is 5.97. The van der Waals surface area contributed by atoms with Gasteiger partial charge in [-0.3, -0.25) is 4.79 Å². The number of likely N-dealkylation sites (tertiary alicyclic amines) is 1. The Labute approximate surface area is 213 Å². The smallest absolute Gasteiger partial charge is 0.226 e. The molecule has 1 saturated carbocycles. The fourth-order valence-corrected chi connectivity index (χ4v) is 7.64. The molecule has 5 nitrogen and oxygen atoms in total. The molecule has 2 heterocycles. The molecule has 1 aliphatic carbocycles. The number of piperidine rings is 1. The maximum absolute atomic E-state index is 13.3. The summed E-state index contributed by atoms with van der Waals surface area (Å²) in [6.45, 7) is 5.11. The number of nitrogens with zero attached hydrogens (tertiary/aromatic N) is 2. The first-order chi connectivity index (χ1) is 17.0. The molecule has 0 N–H and O–H groups in total. The van der Waals surface area contributed by atoms with E-state index in [1.54, 1.807) is 0 Å². The summed E-state index contributed by atoms with van der Waals surface area (Å²) in [7, 11) is -1.57. The minimum Gasteiger partial charge on any atom is -0.350 e. The van der Waals surface area contributed by atoms with Crippen molar-refractivity contribution in [3.05, 3.63) is 65.6 Å². The Balaban J connectivity index is 1.41. The minimum absolute atomic E-state index is 0.123. The molecular formula is C29H35FN2O3S. The second kappa shape index (κ2) is 9.33. The lowest BCUT2D eigenvalue weighted by atomic mass is 9.78. The summed E-state index contributed by atoms with van der Waals surface area (Å²) < 4.78 is 41.3. The van der Waals surface area contributed by atoms with Crippen molar-refractivity contribution < 1.29 is 17.6 Å². The molecule has 1 aromatic heterocycles. The van der Waals surface area contributed by atoms with E-state index < -0.39 is 15.7 Å². The summed E-state index contributed by atoms with van der Waals surface area (Å²) >= 11 is 0. The lowest BCUT2D eigenvalue weighted by Gasteiger charge is -2.46. The van der Waals surface area contributed by atoms with Gasteiger partial charge in [0.1, 0.15) is 5.82 Å². The molecule has 2 fully saturated rings. The fourth-order valence-electron chi connectivity index (χ4n) is 6.30. The third kappa shape index (κ3) is 4.70. The number of rotatable bonds is 5. The molecule has 7 heteroatoms. The third-order valence-corrected chi connectivity index (χ3v) is 9.91. The van der Waals surface area contributed by atoms with E-state index in [-0.39, 0.29) is 22.1 Å². The fraction of sp³-hybridized carbons (Fsp3) is 0.483. The molecule has 192 valence electrons. The number of benzene rings is 2. The van der Waals surface area contributed by atoms with Crippen LogP contribution in [0.2, 0.25) is 0 Å². The van der Waals surface area contributed by atoms with E-state index in [4.69, 9.17) is 0 Å². The van der Waals surface area contributed by atoms with E-state index in [1.807, 2.05) is 25.2 Å². The van der Waals surface area contributed by atoms with Gasteiger partial charge in [0.15, 0.2) is 9.84 Å². The summed E-state index contributed by atoms with van der Waals surface area (Å²) in [5.41, 5.74) is 2.77. The Morgan fingerprint density at radius 2 is 1.75 bits per heavy atom. The molecule has 5 rings (SSSR count). The van der Waals surface area contributed by atoms with Crippen LogP contribution in [-0.4, -0.2) is 35.9 Å². The Kier molecular flexibility index (Phi) is 6.48. The zero-order valence-electron chi connectivity index (χ0n) is 21.3. The first-order valence-electron chi connectivity index (χ1n) is 12.9. The number of hydrogen-bond donors (Lipinski definition) is 0. The summed E-state index contributed by atoms with van der Waals surface area (Å²) in [6, 6.07) is 10.8. The SMILES string of the molecule is Cn1cc([C@@H]2CCN(C(=O)C3CCCC3)C(C)(C)C2)c2cc(CS(=O)(=O)c3ccc(F)cc3)ccc21. The van der Waals surface area contributed by atoms with Crippen LogP contribution < -0.4 is 0 Å².